The summed E-state index contributed by atoms with van der Waals surface area (Å²) in [6.07, 6.45) is 1.02. The van der Waals surface area contributed by atoms with Gasteiger partial charge in [0.2, 0.25) is 0 Å². The zero-order chi connectivity index (χ0) is 11.8. The molecule has 0 amide bonds. The molecule has 0 aliphatic carbocycles. The standard InChI is InChI=1S/C13H18N2O/c1-3-16-10-4-9-15(2)13-7-5-12(11-14)6-8-13/h5-8H,3-4,9-10H2,1-2H3. The number of nitrogens with zero attached hydrogens (tertiary/aromatic N) is 2. The van der Waals surface area contributed by atoms with Crippen molar-refractivity contribution in [2.24, 2.45) is 0 Å². The van der Waals surface area contributed by atoms with E-state index >= 15 is 0 Å². The normalized spacial score (nSPS) is 9.81. The SMILES string of the molecule is CCOCCCN(C)c1ccc(C#N)cc1. The second-order valence-corrected chi connectivity index (χ2v) is 3.63. The topological polar surface area (TPSA) is 36.3 Å². The maximum Gasteiger partial charge on any atom is 0.0991 e. The van der Waals surface area contributed by atoms with Crippen LogP contribution in [0.15, 0.2) is 24.3 Å². The molecule has 0 radical (unpaired) electrons. The highest BCUT2D eigenvalue weighted by Gasteiger charge is 2.00. The van der Waals surface area contributed by atoms with E-state index in [2.05, 4.69) is 11.0 Å². The number of anilines is 1. The van der Waals surface area contributed by atoms with E-state index in [1.165, 1.54) is 0 Å². The zero-order valence-corrected chi connectivity index (χ0v) is 9.94. The lowest BCUT2D eigenvalue weighted by atomic mass is 10.2. The van der Waals surface area contributed by atoms with E-state index in [1.54, 1.807) is 0 Å². The van der Waals surface area contributed by atoms with Crippen molar-refractivity contribution in [3.05, 3.63) is 29.8 Å². The van der Waals surface area contributed by atoms with Gasteiger partial charge in [-0.3, -0.25) is 0 Å². The predicted octanol–water partition coefficient (Wildman–Crippen LogP) is 2.42. The molecule has 1 aromatic rings. The Labute approximate surface area is 97.3 Å². The summed E-state index contributed by atoms with van der Waals surface area (Å²) in [7, 11) is 2.05. The van der Waals surface area contributed by atoms with E-state index in [0.717, 1.165) is 31.9 Å². The van der Waals surface area contributed by atoms with Crippen LogP contribution in [-0.2, 0) is 4.74 Å². The van der Waals surface area contributed by atoms with Crippen LogP contribution in [0.4, 0.5) is 5.69 Å². The van der Waals surface area contributed by atoms with Gasteiger partial charge in [-0.05, 0) is 37.6 Å². The number of hydrogen-bond acceptors (Lipinski definition) is 3. The maximum atomic E-state index is 8.69. The Morgan fingerprint density at radius 3 is 2.56 bits per heavy atom. The number of rotatable bonds is 6. The minimum Gasteiger partial charge on any atom is -0.382 e. The molecule has 3 nitrogen and oxygen atoms in total. The minimum atomic E-state index is 0.700. The van der Waals surface area contributed by atoms with Crippen LogP contribution in [0.1, 0.15) is 18.9 Å². The first-order valence-corrected chi connectivity index (χ1v) is 5.57. The van der Waals surface area contributed by atoms with Crippen LogP contribution in [0.25, 0.3) is 0 Å². The van der Waals surface area contributed by atoms with Gasteiger partial charge in [0, 0.05) is 32.5 Å². The Hall–Kier alpha value is -1.53. The highest BCUT2D eigenvalue weighted by Crippen LogP contribution is 2.13. The smallest absolute Gasteiger partial charge is 0.0991 e. The van der Waals surface area contributed by atoms with Gasteiger partial charge in [-0.25, -0.2) is 0 Å². The molecule has 0 saturated heterocycles. The van der Waals surface area contributed by atoms with E-state index in [-0.39, 0.29) is 0 Å². The van der Waals surface area contributed by atoms with Gasteiger partial charge in [0.25, 0.3) is 0 Å². The Kier molecular flexibility index (Phi) is 5.38. The molecule has 16 heavy (non-hydrogen) atoms. The first-order valence-electron chi connectivity index (χ1n) is 5.57. The molecule has 0 aromatic heterocycles. The van der Waals surface area contributed by atoms with Crippen LogP contribution in [-0.4, -0.2) is 26.8 Å². The second kappa shape index (κ2) is 6.86. The molecule has 3 heteroatoms. The third kappa shape index (κ3) is 3.92. The fraction of sp³-hybridized carbons (Fsp3) is 0.462. The lowest BCUT2D eigenvalue weighted by Gasteiger charge is -2.19. The Morgan fingerprint density at radius 2 is 2.00 bits per heavy atom. The van der Waals surface area contributed by atoms with Crippen molar-refractivity contribution in [3.8, 4) is 6.07 Å². The molecule has 0 saturated carbocycles. The van der Waals surface area contributed by atoms with Crippen molar-refractivity contribution >= 4 is 5.69 Å². The summed E-state index contributed by atoms with van der Waals surface area (Å²) in [5.74, 6) is 0. The highest BCUT2D eigenvalue weighted by atomic mass is 16.5. The van der Waals surface area contributed by atoms with Crippen molar-refractivity contribution in [2.45, 2.75) is 13.3 Å². The van der Waals surface area contributed by atoms with Gasteiger partial charge in [0.15, 0.2) is 0 Å². The summed E-state index contributed by atoms with van der Waals surface area (Å²) in [6, 6.07) is 9.74. The first-order chi connectivity index (χ1) is 7.77. The Bertz CT molecular complexity index is 340. The number of nitriles is 1. The summed E-state index contributed by atoms with van der Waals surface area (Å²) in [5, 5.41) is 8.69. The molecule has 0 spiro atoms. The monoisotopic (exact) mass is 218 g/mol. The molecule has 0 heterocycles. The average Bonchev–Trinajstić information content (AvgIpc) is 2.34. The third-order valence-corrected chi connectivity index (χ3v) is 2.42. The molecule has 0 bridgehead atoms. The van der Waals surface area contributed by atoms with Crippen LogP contribution >= 0.6 is 0 Å². The number of hydrogen-bond donors (Lipinski definition) is 0. The average molecular weight is 218 g/mol. The minimum absolute atomic E-state index is 0.700. The molecule has 1 aromatic carbocycles. The van der Waals surface area contributed by atoms with Crippen molar-refractivity contribution in [1.82, 2.24) is 0 Å². The molecule has 0 unspecified atom stereocenters. The maximum absolute atomic E-state index is 8.69. The predicted molar refractivity (Wildman–Crippen MR) is 65.5 cm³/mol. The molecule has 0 atom stereocenters. The van der Waals surface area contributed by atoms with Crippen LogP contribution in [0.3, 0.4) is 0 Å². The summed E-state index contributed by atoms with van der Waals surface area (Å²) >= 11 is 0. The van der Waals surface area contributed by atoms with Gasteiger partial charge in [-0.15, -0.1) is 0 Å². The number of ether oxygens (including phenoxy) is 1. The molecule has 86 valence electrons. The molecule has 0 aliphatic rings. The third-order valence-electron chi connectivity index (χ3n) is 2.42. The number of benzene rings is 1. The highest BCUT2D eigenvalue weighted by molar-refractivity contribution is 5.48. The van der Waals surface area contributed by atoms with Crippen molar-refractivity contribution in [3.63, 3.8) is 0 Å². The van der Waals surface area contributed by atoms with Crippen LogP contribution in [0.2, 0.25) is 0 Å². The van der Waals surface area contributed by atoms with Gasteiger partial charge >= 0.3 is 0 Å². The van der Waals surface area contributed by atoms with Crippen LogP contribution in [0.5, 0.6) is 0 Å². The summed E-state index contributed by atoms with van der Waals surface area (Å²) < 4.78 is 5.29. The Morgan fingerprint density at radius 1 is 1.31 bits per heavy atom. The van der Waals surface area contributed by atoms with E-state index < -0.39 is 0 Å². The zero-order valence-electron chi connectivity index (χ0n) is 9.94. The first kappa shape index (κ1) is 12.5. The van der Waals surface area contributed by atoms with E-state index in [1.807, 2.05) is 38.2 Å². The summed E-state index contributed by atoms with van der Waals surface area (Å²) in [6.45, 7) is 4.55. The van der Waals surface area contributed by atoms with Gasteiger partial charge in [-0.2, -0.15) is 5.26 Å². The fourth-order valence-electron chi connectivity index (χ4n) is 1.47. The van der Waals surface area contributed by atoms with Crippen molar-refractivity contribution in [2.75, 3.05) is 31.7 Å². The lowest BCUT2D eigenvalue weighted by molar-refractivity contribution is 0.146. The lowest BCUT2D eigenvalue weighted by Crippen LogP contribution is -2.19. The fourth-order valence-corrected chi connectivity index (χ4v) is 1.47. The molecule has 0 fully saturated rings. The van der Waals surface area contributed by atoms with Crippen LogP contribution < -0.4 is 4.90 Å². The molecule has 0 N–H and O–H groups in total. The molecular formula is C13H18N2O. The van der Waals surface area contributed by atoms with Gasteiger partial charge < -0.3 is 9.64 Å². The molecule has 1 rings (SSSR count). The molecule has 0 aliphatic heterocycles. The largest absolute Gasteiger partial charge is 0.382 e. The molecular weight excluding hydrogens is 200 g/mol. The summed E-state index contributed by atoms with van der Waals surface area (Å²) in [5.41, 5.74) is 1.84. The van der Waals surface area contributed by atoms with E-state index in [4.69, 9.17) is 10.00 Å². The van der Waals surface area contributed by atoms with Crippen molar-refractivity contribution in [1.29, 1.82) is 5.26 Å². The van der Waals surface area contributed by atoms with Gasteiger partial charge in [-0.1, -0.05) is 0 Å². The second-order valence-electron chi connectivity index (χ2n) is 3.63. The van der Waals surface area contributed by atoms with E-state index in [0.29, 0.717) is 5.56 Å². The van der Waals surface area contributed by atoms with Gasteiger partial charge in [0.1, 0.15) is 0 Å². The Balaban J connectivity index is 2.40. The van der Waals surface area contributed by atoms with E-state index in [9.17, 15) is 0 Å². The van der Waals surface area contributed by atoms with Crippen LogP contribution in [0, 0.1) is 11.3 Å². The van der Waals surface area contributed by atoms with Gasteiger partial charge in [0.05, 0.1) is 11.6 Å². The summed E-state index contributed by atoms with van der Waals surface area (Å²) in [4.78, 5) is 2.17. The quantitative estimate of drug-likeness (QED) is 0.688. The van der Waals surface area contributed by atoms with Crippen molar-refractivity contribution < 1.29 is 4.74 Å².